The Labute approximate surface area is 78.1 Å². The number of hydrogen-bond donors (Lipinski definition) is 1. The van der Waals surface area contributed by atoms with E-state index in [4.69, 9.17) is 14.2 Å². The van der Waals surface area contributed by atoms with E-state index in [0.29, 0.717) is 11.5 Å². The zero-order valence-electron chi connectivity index (χ0n) is 7.22. The summed E-state index contributed by atoms with van der Waals surface area (Å²) >= 11 is 0. The quantitative estimate of drug-likeness (QED) is 0.775. The van der Waals surface area contributed by atoms with Crippen LogP contribution in [0.3, 0.4) is 0 Å². The van der Waals surface area contributed by atoms with Crippen LogP contribution in [0.1, 0.15) is 16.1 Å². The maximum absolute atomic E-state index is 10.7. The van der Waals surface area contributed by atoms with Crippen molar-refractivity contribution in [2.75, 3.05) is 0 Å². The van der Waals surface area contributed by atoms with Crippen molar-refractivity contribution in [3.63, 3.8) is 0 Å². The van der Waals surface area contributed by atoms with E-state index in [1.807, 2.05) is 0 Å². The molecule has 0 radical (unpaired) electrons. The summed E-state index contributed by atoms with van der Waals surface area (Å²) in [5.41, 5.74) is 0.302. The molecule has 0 bridgehead atoms. The second kappa shape index (κ2) is 2.99. The molecular formula is C8H6N2O4. The van der Waals surface area contributed by atoms with E-state index in [1.54, 1.807) is 13.0 Å². The van der Waals surface area contributed by atoms with Crippen molar-refractivity contribution in [1.82, 2.24) is 10.3 Å². The Hall–Kier alpha value is -2.11. The smallest absolute Gasteiger partial charge is 0.341 e. The number of carboxylic acids is 1. The normalized spacial score (nSPS) is 10.4. The van der Waals surface area contributed by atoms with Gasteiger partial charge in [0.25, 0.3) is 0 Å². The van der Waals surface area contributed by atoms with Gasteiger partial charge in [0.2, 0.25) is 5.76 Å². The molecule has 6 heteroatoms. The number of aromatic nitrogens is 2. The molecule has 1 N–H and O–H groups in total. The molecule has 0 aliphatic carbocycles. The summed E-state index contributed by atoms with van der Waals surface area (Å²) in [6.45, 7) is 1.70. The molecule has 0 amide bonds. The second-order valence-corrected chi connectivity index (χ2v) is 2.70. The van der Waals surface area contributed by atoms with Gasteiger partial charge in [0.15, 0.2) is 5.69 Å². The van der Waals surface area contributed by atoms with E-state index in [9.17, 15) is 4.79 Å². The molecule has 2 heterocycles. The van der Waals surface area contributed by atoms with Gasteiger partial charge in [-0.2, -0.15) is 0 Å². The maximum atomic E-state index is 10.7. The van der Waals surface area contributed by atoms with Gasteiger partial charge >= 0.3 is 5.97 Å². The molecule has 0 saturated heterocycles. The number of aromatic carboxylic acids is 1. The number of rotatable bonds is 2. The molecular weight excluding hydrogens is 188 g/mol. The summed E-state index contributed by atoms with van der Waals surface area (Å²) in [5.74, 6) is -0.427. The zero-order chi connectivity index (χ0) is 10.1. The van der Waals surface area contributed by atoms with E-state index in [1.165, 1.54) is 0 Å². The van der Waals surface area contributed by atoms with E-state index < -0.39 is 5.97 Å². The van der Waals surface area contributed by atoms with Crippen molar-refractivity contribution >= 4 is 5.97 Å². The highest BCUT2D eigenvalue weighted by Gasteiger charge is 2.19. The first kappa shape index (κ1) is 8.49. The zero-order valence-corrected chi connectivity index (χ0v) is 7.22. The molecule has 0 atom stereocenters. The van der Waals surface area contributed by atoms with Gasteiger partial charge in [-0.1, -0.05) is 10.3 Å². The number of carboxylic acid groups (broad SMARTS) is 1. The minimum atomic E-state index is -1.11. The summed E-state index contributed by atoms with van der Waals surface area (Å²) in [6, 6.07) is 1.58. The van der Waals surface area contributed by atoms with E-state index in [0.717, 1.165) is 6.20 Å². The van der Waals surface area contributed by atoms with Gasteiger partial charge in [-0.05, 0) is 6.92 Å². The summed E-state index contributed by atoms with van der Waals surface area (Å²) in [5, 5.41) is 15.8. The van der Waals surface area contributed by atoms with Crippen LogP contribution in [0.15, 0.2) is 21.3 Å². The fraction of sp³-hybridized carbons (Fsp3) is 0.125. The minimum absolute atomic E-state index is 0.0294. The monoisotopic (exact) mass is 194 g/mol. The van der Waals surface area contributed by atoms with Gasteiger partial charge in [-0.15, -0.1) is 0 Å². The molecule has 2 rings (SSSR count). The van der Waals surface area contributed by atoms with Gasteiger partial charge in [0, 0.05) is 6.07 Å². The van der Waals surface area contributed by atoms with Crippen LogP contribution >= 0.6 is 0 Å². The lowest BCUT2D eigenvalue weighted by molar-refractivity contribution is 0.0697. The minimum Gasteiger partial charge on any atom is -0.477 e. The largest absolute Gasteiger partial charge is 0.477 e. The van der Waals surface area contributed by atoms with Crippen LogP contribution in [0.2, 0.25) is 0 Å². The van der Waals surface area contributed by atoms with Crippen LogP contribution in [0, 0.1) is 6.92 Å². The highest BCUT2D eigenvalue weighted by atomic mass is 16.5. The molecule has 2 aromatic rings. The second-order valence-electron chi connectivity index (χ2n) is 2.70. The molecule has 0 saturated carbocycles. The van der Waals surface area contributed by atoms with Gasteiger partial charge < -0.3 is 14.2 Å². The predicted molar refractivity (Wildman–Crippen MR) is 43.7 cm³/mol. The average Bonchev–Trinajstić information content (AvgIpc) is 2.70. The lowest BCUT2D eigenvalue weighted by Gasteiger charge is -1.88. The first-order valence-electron chi connectivity index (χ1n) is 3.80. The lowest BCUT2D eigenvalue weighted by Crippen LogP contribution is -1.95. The molecule has 14 heavy (non-hydrogen) atoms. The molecule has 6 nitrogen and oxygen atoms in total. The third-order valence-electron chi connectivity index (χ3n) is 1.66. The summed E-state index contributed by atoms with van der Waals surface area (Å²) in [7, 11) is 0. The standard InChI is InChI=1S/C8H6N2O4/c1-4-2-6(10-13-4)7-5(8(11)12)3-9-14-7/h2-3H,1H3,(H,11,12). The van der Waals surface area contributed by atoms with Crippen molar-refractivity contribution in [2.45, 2.75) is 6.92 Å². The molecule has 0 aliphatic heterocycles. The van der Waals surface area contributed by atoms with Crippen LogP contribution in [-0.2, 0) is 0 Å². The fourth-order valence-corrected chi connectivity index (χ4v) is 1.05. The Bertz CT molecular complexity index is 471. The molecule has 0 aliphatic rings. The van der Waals surface area contributed by atoms with E-state index in [2.05, 4.69) is 10.3 Å². The topological polar surface area (TPSA) is 89.4 Å². The Morgan fingerprint density at radius 1 is 1.50 bits per heavy atom. The van der Waals surface area contributed by atoms with E-state index >= 15 is 0 Å². The van der Waals surface area contributed by atoms with Crippen LogP contribution < -0.4 is 0 Å². The highest BCUT2D eigenvalue weighted by molar-refractivity contribution is 5.93. The summed E-state index contributed by atoms with van der Waals surface area (Å²) in [4.78, 5) is 10.7. The Morgan fingerprint density at radius 2 is 2.29 bits per heavy atom. The van der Waals surface area contributed by atoms with Crippen molar-refractivity contribution in [3.8, 4) is 11.5 Å². The van der Waals surface area contributed by atoms with E-state index in [-0.39, 0.29) is 11.3 Å². The number of hydrogen-bond acceptors (Lipinski definition) is 5. The number of carbonyl (C=O) groups is 1. The first-order valence-corrected chi connectivity index (χ1v) is 3.80. The Morgan fingerprint density at radius 3 is 2.86 bits per heavy atom. The van der Waals surface area contributed by atoms with Crippen molar-refractivity contribution < 1.29 is 18.9 Å². The number of aryl methyl sites for hydroxylation is 1. The average molecular weight is 194 g/mol. The predicted octanol–water partition coefficient (Wildman–Crippen LogP) is 1.34. The van der Waals surface area contributed by atoms with Crippen LogP contribution in [-0.4, -0.2) is 21.4 Å². The van der Waals surface area contributed by atoms with Crippen molar-refractivity contribution in [1.29, 1.82) is 0 Å². The van der Waals surface area contributed by atoms with Crippen molar-refractivity contribution in [3.05, 3.63) is 23.6 Å². The SMILES string of the molecule is Cc1cc(-c2oncc2C(=O)O)no1. The third kappa shape index (κ3) is 1.26. The number of nitrogens with zero attached hydrogens (tertiary/aromatic N) is 2. The van der Waals surface area contributed by atoms with Crippen LogP contribution in [0.5, 0.6) is 0 Å². The van der Waals surface area contributed by atoms with Crippen molar-refractivity contribution in [2.24, 2.45) is 0 Å². The third-order valence-corrected chi connectivity index (χ3v) is 1.66. The fourth-order valence-electron chi connectivity index (χ4n) is 1.05. The summed E-state index contributed by atoms with van der Waals surface area (Å²) < 4.78 is 9.56. The Balaban J connectivity index is 2.51. The van der Waals surface area contributed by atoms with Crippen LogP contribution in [0.25, 0.3) is 11.5 Å². The lowest BCUT2D eigenvalue weighted by atomic mass is 10.2. The van der Waals surface area contributed by atoms with Gasteiger partial charge in [0.1, 0.15) is 11.3 Å². The summed E-state index contributed by atoms with van der Waals surface area (Å²) in [6.07, 6.45) is 1.13. The molecule has 72 valence electrons. The van der Waals surface area contributed by atoms with Gasteiger partial charge in [-0.3, -0.25) is 0 Å². The van der Waals surface area contributed by atoms with Gasteiger partial charge in [0.05, 0.1) is 6.20 Å². The first-order chi connectivity index (χ1) is 6.68. The molecule has 0 fully saturated rings. The Kier molecular flexibility index (Phi) is 1.81. The molecule has 2 aromatic heterocycles. The maximum Gasteiger partial charge on any atom is 0.341 e. The molecule has 0 unspecified atom stereocenters. The highest BCUT2D eigenvalue weighted by Crippen LogP contribution is 2.22. The molecule has 0 aromatic carbocycles. The van der Waals surface area contributed by atoms with Gasteiger partial charge in [-0.25, -0.2) is 4.79 Å². The van der Waals surface area contributed by atoms with Crippen LogP contribution in [0.4, 0.5) is 0 Å². The molecule has 0 spiro atoms.